The highest BCUT2D eigenvalue weighted by Crippen LogP contribution is 2.19. The molecule has 1 aliphatic heterocycles. The monoisotopic (exact) mass is 342 g/mol. The topological polar surface area (TPSA) is 98.3 Å². The Labute approximate surface area is 144 Å². The molecule has 3 rings (SSSR count). The highest BCUT2D eigenvalue weighted by atomic mass is 16.6. The van der Waals surface area contributed by atoms with E-state index in [1.807, 2.05) is 0 Å². The van der Waals surface area contributed by atoms with Crippen LogP contribution in [0.25, 0.3) is 0 Å². The van der Waals surface area contributed by atoms with Gasteiger partial charge in [-0.25, -0.2) is 4.68 Å². The number of amides is 1. The molecule has 1 amide bonds. The van der Waals surface area contributed by atoms with Crippen LogP contribution in [0.15, 0.2) is 30.5 Å². The number of hydrogen-bond donors (Lipinski definition) is 0. The van der Waals surface area contributed by atoms with Gasteiger partial charge in [0.2, 0.25) is 0 Å². The van der Waals surface area contributed by atoms with Crippen molar-refractivity contribution >= 4 is 17.5 Å². The summed E-state index contributed by atoms with van der Waals surface area (Å²) in [4.78, 5) is 37.0. The fraction of sp³-hybridized carbons (Fsp3) is 0.353. The standard InChI is InChI=1S/C17H18N4O4/c1-12-11-13(5-6-15(12)21(24)25)16(22)20-10-7-14(18-20)17(23)19-8-3-2-4-9-19/h5-7,10-11H,2-4,8-9H2,1H3. The number of benzene rings is 1. The molecule has 130 valence electrons. The number of likely N-dealkylation sites (tertiary alicyclic amines) is 1. The van der Waals surface area contributed by atoms with Gasteiger partial charge in [-0.05, 0) is 44.4 Å². The van der Waals surface area contributed by atoms with Gasteiger partial charge in [-0.15, -0.1) is 0 Å². The van der Waals surface area contributed by atoms with E-state index in [9.17, 15) is 19.7 Å². The van der Waals surface area contributed by atoms with Crippen molar-refractivity contribution in [2.45, 2.75) is 26.2 Å². The fourth-order valence-corrected chi connectivity index (χ4v) is 2.94. The molecule has 2 heterocycles. The molecule has 0 bridgehead atoms. The molecule has 1 saturated heterocycles. The average Bonchev–Trinajstić information content (AvgIpc) is 3.10. The van der Waals surface area contributed by atoms with Crippen LogP contribution in [0.1, 0.15) is 45.7 Å². The summed E-state index contributed by atoms with van der Waals surface area (Å²) in [6, 6.07) is 5.66. The predicted octanol–water partition coefficient (Wildman–Crippen LogP) is 2.41. The summed E-state index contributed by atoms with van der Waals surface area (Å²) in [6.07, 6.45) is 4.52. The number of aryl methyl sites for hydroxylation is 1. The van der Waals surface area contributed by atoms with Gasteiger partial charge < -0.3 is 4.90 Å². The van der Waals surface area contributed by atoms with E-state index in [1.165, 1.54) is 30.5 Å². The molecule has 0 spiro atoms. The molecule has 25 heavy (non-hydrogen) atoms. The van der Waals surface area contributed by atoms with Crippen molar-refractivity contribution in [3.63, 3.8) is 0 Å². The number of hydrogen-bond acceptors (Lipinski definition) is 5. The third-order valence-corrected chi connectivity index (χ3v) is 4.30. The van der Waals surface area contributed by atoms with E-state index in [0.717, 1.165) is 23.9 Å². The first-order valence-electron chi connectivity index (χ1n) is 8.12. The van der Waals surface area contributed by atoms with Crippen LogP contribution in [-0.2, 0) is 0 Å². The zero-order chi connectivity index (χ0) is 18.0. The summed E-state index contributed by atoms with van der Waals surface area (Å²) in [5.41, 5.74) is 0.864. The predicted molar refractivity (Wildman–Crippen MR) is 89.5 cm³/mol. The van der Waals surface area contributed by atoms with E-state index in [0.29, 0.717) is 18.7 Å². The fourth-order valence-electron chi connectivity index (χ4n) is 2.94. The molecule has 0 N–H and O–H groups in total. The molecule has 1 aromatic carbocycles. The Hall–Kier alpha value is -3.03. The highest BCUT2D eigenvalue weighted by Gasteiger charge is 2.22. The smallest absolute Gasteiger partial charge is 0.278 e. The van der Waals surface area contributed by atoms with Crippen LogP contribution in [0.4, 0.5) is 5.69 Å². The van der Waals surface area contributed by atoms with E-state index in [4.69, 9.17) is 0 Å². The van der Waals surface area contributed by atoms with Crippen molar-refractivity contribution in [3.8, 4) is 0 Å². The summed E-state index contributed by atoms with van der Waals surface area (Å²) < 4.78 is 1.10. The van der Waals surface area contributed by atoms with Crippen LogP contribution in [-0.4, -0.2) is 44.5 Å². The molecule has 2 aromatic rings. The van der Waals surface area contributed by atoms with E-state index in [-0.39, 0.29) is 22.9 Å². The van der Waals surface area contributed by atoms with Gasteiger partial charge in [0, 0.05) is 36.5 Å². The number of rotatable bonds is 3. The number of nitro groups is 1. The first-order valence-corrected chi connectivity index (χ1v) is 8.12. The lowest BCUT2D eigenvalue weighted by Crippen LogP contribution is -2.36. The van der Waals surface area contributed by atoms with Crippen LogP contribution in [0.3, 0.4) is 0 Å². The van der Waals surface area contributed by atoms with E-state index in [2.05, 4.69) is 5.10 Å². The maximum Gasteiger partial charge on any atom is 0.278 e. The number of carbonyl (C=O) groups excluding carboxylic acids is 2. The van der Waals surface area contributed by atoms with Gasteiger partial charge in [-0.1, -0.05) is 0 Å². The number of nitrogens with zero attached hydrogens (tertiary/aromatic N) is 4. The largest absolute Gasteiger partial charge is 0.337 e. The zero-order valence-corrected chi connectivity index (χ0v) is 13.8. The van der Waals surface area contributed by atoms with Crippen molar-refractivity contribution in [1.82, 2.24) is 14.7 Å². The second kappa shape index (κ2) is 6.84. The van der Waals surface area contributed by atoms with Crippen molar-refractivity contribution in [3.05, 3.63) is 57.4 Å². The van der Waals surface area contributed by atoms with Crippen molar-refractivity contribution in [2.75, 3.05) is 13.1 Å². The molecule has 0 aliphatic carbocycles. The van der Waals surface area contributed by atoms with Gasteiger partial charge in [-0.3, -0.25) is 19.7 Å². The van der Waals surface area contributed by atoms with E-state index >= 15 is 0 Å². The first kappa shape index (κ1) is 16.8. The Balaban J connectivity index is 1.79. The molecule has 1 fully saturated rings. The lowest BCUT2D eigenvalue weighted by molar-refractivity contribution is -0.385. The molecule has 1 aromatic heterocycles. The molecule has 0 unspecified atom stereocenters. The molecule has 8 nitrogen and oxygen atoms in total. The molecule has 1 aliphatic rings. The molecular formula is C17H18N4O4. The first-order chi connectivity index (χ1) is 12.0. The maximum atomic E-state index is 12.5. The van der Waals surface area contributed by atoms with Crippen molar-refractivity contribution < 1.29 is 14.5 Å². The number of aromatic nitrogens is 2. The lowest BCUT2D eigenvalue weighted by atomic mass is 10.1. The Bertz CT molecular complexity index is 837. The van der Waals surface area contributed by atoms with Crippen LogP contribution in [0, 0.1) is 17.0 Å². The van der Waals surface area contributed by atoms with Crippen molar-refractivity contribution in [1.29, 1.82) is 0 Å². The summed E-state index contributed by atoms with van der Waals surface area (Å²) in [7, 11) is 0. The van der Waals surface area contributed by atoms with Gasteiger partial charge in [0.15, 0.2) is 5.69 Å². The third kappa shape index (κ3) is 3.42. The lowest BCUT2D eigenvalue weighted by Gasteiger charge is -2.25. The SMILES string of the molecule is Cc1cc(C(=O)n2ccc(C(=O)N3CCCCC3)n2)ccc1[N+](=O)[O-]. The van der Waals surface area contributed by atoms with Gasteiger partial charge >= 0.3 is 0 Å². The van der Waals surface area contributed by atoms with Gasteiger partial charge in [0.05, 0.1) is 4.92 Å². The Morgan fingerprint density at radius 1 is 1.12 bits per heavy atom. The number of nitro benzene ring substituents is 1. The molecule has 0 saturated carbocycles. The van der Waals surface area contributed by atoms with Crippen LogP contribution in [0.2, 0.25) is 0 Å². The van der Waals surface area contributed by atoms with E-state index < -0.39 is 10.8 Å². The number of piperidine rings is 1. The average molecular weight is 342 g/mol. The summed E-state index contributed by atoms with van der Waals surface area (Å²) in [5.74, 6) is -0.609. The molecule has 8 heteroatoms. The Morgan fingerprint density at radius 3 is 2.48 bits per heavy atom. The van der Waals surface area contributed by atoms with Gasteiger partial charge in [0.25, 0.3) is 17.5 Å². The second-order valence-corrected chi connectivity index (χ2v) is 6.06. The van der Waals surface area contributed by atoms with Crippen LogP contribution >= 0.6 is 0 Å². The Morgan fingerprint density at radius 2 is 1.84 bits per heavy atom. The summed E-state index contributed by atoms with van der Waals surface area (Å²) >= 11 is 0. The summed E-state index contributed by atoms with van der Waals surface area (Å²) in [5, 5.41) is 15.0. The molecule has 0 radical (unpaired) electrons. The summed E-state index contributed by atoms with van der Waals surface area (Å²) in [6.45, 7) is 2.99. The minimum Gasteiger partial charge on any atom is -0.337 e. The molecular weight excluding hydrogens is 324 g/mol. The van der Waals surface area contributed by atoms with Crippen LogP contribution in [0.5, 0.6) is 0 Å². The molecule has 0 atom stereocenters. The van der Waals surface area contributed by atoms with Crippen LogP contribution < -0.4 is 0 Å². The minimum absolute atomic E-state index is 0.0435. The number of carbonyl (C=O) groups is 2. The van der Waals surface area contributed by atoms with Crippen molar-refractivity contribution in [2.24, 2.45) is 0 Å². The second-order valence-electron chi connectivity index (χ2n) is 6.06. The van der Waals surface area contributed by atoms with Gasteiger partial charge in [0.1, 0.15) is 0 Å². The third-order valence-electron chi connectivity index (χ3n) is 4.30. The maximum absolute atomic E-state index is 12.5. The highest BCUT2D eigenvalue weighted by molar-refractivity contribution is 5.97. The van der Waals surface area contributed by atoms with Gasteiger partial charge in [-0.2, -0.15) is 5.10 Å². The Kier molecular flexibility index (Phi) is 4.60. The quantitative estimate of drug-likeness (QED) is 0.630. The van der Waals surface area contributed by atoms with E-state index in [1.54, 1.807) is 11.8 Å². The minimum atomic E-state index is -0.493. The normalized spacial score (nSPS) is 14.4. The zero-order valence-electron chi connectivity index (χ0n) is 13.8.